The third-order valence-corrected chi connectivity index (χ3v) is 5.41. The summed E-state index contributed by atoms with van der Waals surface area (Å²) in [6.45, 7) is 2.03. The lowest BCUT2D eigenvalue weighted by atomic mass is 9.56. The molecule has 0 heterocycles. The zero-order valence-corrected chi connectivity index (χ0v) is 14.1. The van der Waals surface area contributed by atoms with Crippen LogP contribution in [0.3, 0.4) is 0 Å². The molecule has 0 saturated heterocycles. The topological polar surface area (TPSA) is 97.4 Å². The van der Waals surface area contributed by atoms with Crippen molar-refractivity contribution in [3.05, 3.63) is 58.3 Å². The van der Waals surface area contributed by atoms with Gasteiger partial charge in [0.1, 0.15) is 6.07 Å². The maximum atomic E-state index is 13.9. The van der Waals surface area contributed by atoms with Crippen molar-refractivity contribution in [3.8, 4) is 18.2 Å². The van der Waals surface area contributed by atoms with E-state index >= 15 is 0 Å². The summed E-state index contributed by atoms with van der Waals surface area (Å²) >= 11 is 0. The minimum absolute atomic E-state index is 0.114. The summed E-state index contributed by atoms with van der Waals surface area (Å²) in [4.78, 5) is 0. The van der Waals surface area contributed by atoms with Crippen molar-refractivity contribution < 1.29 is 8.78 Å². The number of allylic oxidation sites excluding steroid dienone is 4. The monoisotopic (exact) mass is 350 g/mol. The number of hydrogen-bond donors (Lipinski definition) is 1. The van der Waals surface area contributed by atoms with Crippen LogP contribution in [-0.2, 0) is 0 Å². The predicted octanol–water partition coefficient (Wildman–Crippen LogP) is 3.80. The highest BCUT2D eigenvalue weighted by Gasteiger charge is 2.54. The van der Waals surface area contributed by atoms with Gasteiger partial charge in [-0.1, -0.05) is 19.1 Å². The van der Waals surface area contributed by atoms with Gasteiger partial charge in [0.25, 0.3) is 0 Å². The Kier molecular flexibility index (Phi) is 4.26. The minimum atomic E-state index is -1.81. The number of halogens is 2. The second-order valence-corrected chi connectivity index (χ2v) is 6.93. The summed E-state index contributed by atoms with van der Waals surface area (Å²) in [5.74, 6) is -2.90. The molecule has 0 fully saturated rings. The fraction of sp³-hybridized carbons (Fsp3) is 0.350. The van der Waals surface area contributed by atoms with Crippen molar-refractivity contribution in [2.75, 3.05) is 0 Å². The summed E-state index contributed by atoms with van der Waals surface area (Å²) in [5, 5.41) is 29.3. The van der Waals surface area contributed by atoms with Crippen molar-refractivity contribution >= 4 is 0 Å². The molecule has 2 N–H and O–H groups in total. The number of benzene rings is 1. The first-order valence-corrected chi connectivity index (χ1v) is 8.27. The third kappa shape index (κ3) is 2.37. The van der Waals surface area contributed by atoms with E-state index in [0.717, 1.165) is 18.6 Å². The van der Waals surface area contributed by atoms with Crippen LogP contribution in [0.15, 0.2) is 41.1 Å². The van der Waals surface area contributed by atoms with Gasteiger partial charge in [0.05, 0.1) is 23.4 Å². The molecule has 2 aliphatic carbocycles. The number of hydrogen-bond acceptors (Lipinski definition) is 4. The van der Waals surface area contributed by atoms with Crippen molar-refractivity contribution in [1.29, 1.82) is 15.8 Å². The molecule has 0 unspecified atom stereocenters. The summed E-state index contributed by atoms with van der Waals surface area (Å²) in [5.41, 5.74) is 5.39. The molecule has 0 aliphatic heterocycles. The van der Waals surface area contributed by atoms with Gasteiger partial charge in [0.15, 0.2) is 17.0 Å². The van der Waals surface area contributed by atoms with Gasteiger partial charge in [-0.3, -0.25) is 0 Å². The Morgan fingerprint density at radius 2 is 1.85 bits per heavy atom. The molecule has 0 aromatic heterocycles. The van der Waals surface area contributed by atoms with Gasteiger partial charge in [-0.2, -0.15) is 15.8 Å². The van der Waals surface area contributed by atoms with Gasteiger partial charge in [-0.25, -0.2) is 8.78 Å². The first kappa shape index (κ1) is 17.6. The first-order valence-electron chi connectivity index (χ1n) is 8.27. The summed E-state index contributed by atoms with van der Waals surface area (Å²) < 4.78 is 27.3. The Morgan fingerprint density at radius 3 is 2.42 bits per heavy atom. The van der Waals surface area contributed by atoms with Crippen LogP contribution in [0.5, 0.6) is 0 Å². The SMILES string of the molecule is C[C@@H]1CC=C2C(C#N)=C(N)C(C#N)(C#N)[C@H](c3ccc(F)c(F)c3)[C@H]2C1. The van der Waals surface area contributed by atoms with Gasteiger partial charge >= 0.3 is 0 Å². The molecule has 3 rings (SSSR count). The molecule has 0 radical (unpaired) electrons. The van der Waals surface area contributed by atoms with Gasteiger partial charge in [0.2, 0.25) is 0 Å². The van der Waals surface area contributed by atoms with Crippen molar-refractivity contribution in [1.82, 2.24) is 0 Å². The van der Waals surface area contributed by atoms with E-state index in [1.54, 1.807) is 0 Å². The molecule has 6 heteroatoms. The van der Waals surface area contributed by atoms with E-state index in [-0.39, 0.29) is 23.1 Å². The molecule has 1 aromatic rings. The maximum absolute atomic E-state index is 13.9. The highest BCUT2D eigenvalue weighted by molar-refractivity contribution is 5.59. The smallest absolute Gasteiger partial charge is 0.191 e. The Hall–Kier alpha value is -3.17. The average molecular weight is 350 g/mol. The summed E-state index contributed by atoms with van der Waals surface area (Å²) in [6, 6.07) is 9.37. The number of nitrogens with zero attached hydrogens (tertiary/aromatic N) is 3. The van der Waals surface area contributed by atoms with E-state index < -0.39 is 23.0 Å². The van der Waals surface area contributed by atoms with E-state index in [1.807, 2.05) is 31.2 Å². The second-order valence-electron chi connectivity index (χ2n) is 6.93. The fourth-order valence-electron chi connectivity index (χ4n) is 4.16. The zero-order valence-electron chi connectivity index (χ0n) is 14.1. The normalized spacial score (nSPS) is 26.8. The standard InChI is InChI=1S/C20H16F2N4/c1-11-2-4-13-14(6-11)18(12-3-5-16(21)17(22)7-12)20(9-24,10-25)19(26)15(13)8-23/h3-5,7,11,14,18H,2,6,26H2,1H3/t11-,14+,18-/m1/s1. The van der Waals surface area contributed by atoms with Crippen LogP contribution >= 0.6 is 0 Å². The van der Waals surface area contributed by atoms with Crippen LogP contribution in [0, 0.1) is 62.9 Å². The molecule has 3 atom stereocenters. The molecule has 26 heavy (non-hydrogen) atoms. The Balaban J connectivity index is 2.34. The number of rotatable bonds is 1. The van der Waals surface area contributed by atoms with Gasteiger partial charge in [-0.15, -0.1) is 0 Å². The lowest BCUT2D eigenvalue weighted by molar-refractivity contribution is 0.283. The van der Waals surface area contributed by atoms with Crippen LogP contribution in [0.2, 0.25) is 0 Å². The van der Waals surface area contributed by atoms with Crippen LogP contribution in [-0.4, -0.2) is 0 Å². The average Bonchev–Trinajstić information content (AvgIpc) is 2.63. The minimum Gasteiger partial charge on any atom is -0.399 e. The van der Waals surface area contributed by atoms with E-state index in [0.29, 0.717) is 17.6 Å². The van der Waals surface area contributed by atoms with E-state index in [2.05, 4.69) is 0 Å². The molecule has 0 saturated carbocycles. The van der Waals surface area contributed by atoms with Crippen LogP contribution in [0.4, 0.5) is 8.78 Å². The Morgan fingerprint density at radius 1 is 1.15 bits per heavy atom. The Bertz CT molecular complexity index is 941. The largest absolute Gasteiger partial charge is 0.399 e. The molecule has 0 spiro atoms. The molecular formula is C20H16F2N4. The Labute approximate surface area is 150 Å². The second kappa shape index (κ2) is 6.28. The van der Waals surface area contributed by atoms with E-state index in [4.69, 9.17) is 5.73 Å². The van der Waals surface area contributed by atoms with Crippen LogP contribution in [0.25, 0.3) is 0 Å². The van der Waals surface area contributed by atoms with Gasteiger partial charge < -0.3 is 5.73 Å². The third-order valence-electron chi connectivity index (χ3n) is 5.41. The fourth-order valence-corrected chi connectivity index (χ4v) is 4.16. The lowest BCUT2D eigenvalue weighted by Gasteiger charge is -2.44. The summed E-state index contributed by atoms with van der Waals surface area (Å²) in [7, 11) is 0. The zero-order chi connectivity index (χ0) is 19.1. The van der Waals surface area contributed by atoms with E-state index in [1.165, 1.54) is 6.07 Å². The molecule has 0 bridgehead atoms. The predicted molar refractivity (Wildman–Crippen MR) is 89.6 cm³/mol. The summed E-state index contributed by atoms with van der Waals surface area (Å²) in [6.07, 6.45) is 3.29. The quantitative estimate of drug-likeness (QED) is 0.833. The number of nitriles is 3. The number of nitrogens with two attached hydrogens (primary N) is 1. The molecule has 2 aliphatic rings. The van der Waals surface area contributed by atoms with Crippen molar-refractivity contribution in [2.45, 2.75) is 25.7 Å². The van der Waals surface area contributed by atoms with Crippen LogP contribution < -0.4 is 5.73 Å². The lowest BCUT2D eigenvalue weighted by Crippen LogP contribution is -2.43. The van der Waals surface area contributed by atoms with Gasteiger partial charge in [0, 0.05) is 5.92 Å². The maximum Gasteiger partial charge on any atom is 0.191 e. The molecule has 1 aromatic carbocycles. The highest BCUT2D eigenvalue weighted by atomic mass is 19.2. The molecule has 130 valence electrons. The van der Waals surface area contributed by atoms with Crippen molar-refractivity contribution in [3.63, 3.8) is 0 Å². The molecule has 4 nitrogen and oxygen atoms in total. The molecular weight excluding hydrogens is 334 g/mol. The van der Waals surface area contributed by atoms with Crippen molar-refractivity contribution in [2.24, 2.45) is 23.0 Å². The number of fused-ring (bicyclic) bond motifs is 1. The highest BCUT2D eigenvalue weighted by Crippen LogP contribution is 2.56. The van der Waals surface area contributed by atoms with Crippen LogP contribution in [0.1, 0.15) is 31.2 Å². The van der Waals surface area contributed by atoms with Gasteiger partial charge in [-0.05, 0) is 47.9 Å². The molecule has 0 amide bonds. The first-order chi connectivity index (χ1) is 12.4. The van der Waals surface area contributed by atoms with E-state index in [9.17, 15) is 24.6 Å².